The summed E-state index contributed by atoms with van der Waals surface area (Å²) in [6.45, 7) is 11.0. The zero-order valence-electron chi connectivity index (χ0n) is 22.5. The van der Waals surface area contributed by atoms with Crippen LogP contribution < -0.4 is 20.4 Å². The Morgan fingerprint density at radius 3 is 2.30 bits per heavy atom. The van der Waals surface area contributed by atoms with E-state index in [0.717, 1.165) is 5.56 Å². The third-order valence-corrected chi connectivity index (χ3v) is 5.73. The summed E-state index contributed by atoms with van der Waals surface area (Å²) in [5, 5.41) is 3.33. The first-order valence-electron chi connectivity index (χ1n) is 12.3. The Balaban J connectivity index is 1.92. The van der Waals surface area contributed by atoms with Crippen molar-refractivity contribution < 1.29 is 28.2 Å². The van der Waals surface area contributed by atoms with E-state index in [9.17, 15) is 14.4 Å². The van der Waals surface area contributed by atoms with Gasteiger partial charge in [-0.3, -0.25) is 0 Å². The van der Waals surface area contributed by atoms with Gasteiger partial charge in [0.25, 0.3) is 0 Å². The van der Waals surface area contributed by atoms with Crippen molar-refractivity contribution in [3.63, 3.8) is 0 Å². The van der Waals surface area contributed by atoms with Crippen LogP contribution in [-0.2, 0) is 9.53 Å². The fourth-order valence-corrected chi connectivity index (χ4v) is 3.84. The molecule has 0 aliphatic rings. The molecule has 1 amide bonds. The number of amides is 1. The van der Waals surface area contributed by atoms with Crippen LogP contribution in [0.5, 0.6) is 11.5 Å². The van der Waals surface area contributed by atoms with E-state index >= 15 is 0 Å². The van der Waals surface area contributed by atoms with E-state index in [4.69, 9.17) is 18.6 Å². The molecule has 0 fully saturated rings. The topological polar surface area (TPSA) is 104 Å². The molecule has 0 saturated heterocycles. The molecule has 3 aromatic rings. The zero-order valence-corrected chi connectivity index (χ0v) is 22.5. The van der Waals surface area contributed by atoms with Crippen molar-refractivity contribution in [3.05, 3.63) is 58.4 Å². The van der Waals surface area contributed by atoms with Gasteiger partial charge >= 0.3 is 17.7 Å². The summed E-state index contributed by atoms with van der Waals surface area (Å²) in [6.07, 6.45) is 0.398. The van der Waals surface area contributed by atoms with Crippen LogP contribution in [0.1, 0.15) is 53.0 Å². The molecule has 1 aromatic heterocycles. The molecule has 8 heteroatoms. The average molecular weight is 510 g/mol. The number of ether oxygens (including phenoxy) is 3. The Labute approximate surface area is 216 Å². The number of aryl methyl sites for hydroxylation is 1. The number of carbonyl (C=O) groups excluding carboxylic acids is 2. The van der Waals surface area contributed by atoms with Gasteiger partial charge in [-0.2, -0.15) is 0 Å². The minimum atomic E-state index is -0.898. The van der Waals surface area contributed by atoms with E-state index in [1.807, 2.05) is 38.1 Å². The summed E-state index contributed by atoms with van der Waals surface area (Å²) in [6, 6.07) is 11.3. The highest BCUT2D eigenvalue weighted by atomic mass is 16.6. The van der Waals surface area contributed by atoms with E-state index < -0.39 is 29.3 Å². The molecule has 1 heterocycles. The van der Waals surface area contributed by atoms with E-state index in [1.165, 1.54) is 6.07 Å². The van der Waals surface area contributed by atoms with Crippen molar-refractivity contribution in [3.8, 4) is 22.6 Å². The Hall–Kier alpha value is -3.81. The SMILES string of the molecule is COc1ccc(-c2cc(=O)oc3c(C)c(OC(=O)[C@@H](CCC(C)C)NC(=O)OC(C)(C)C)ccc23)cc1. The van der Waals surface area contributed by atoms with Gasteiger partial charge in [-0.15, -0.1) is 0 Å². The predicted octanol–water partition coefficient (Wildman–Crippen LogP) is 6.01. The lowest BCUT2D eigenvalue weighted by Gasteiger charge is -2.23. The fourth-order valence-electron chi connectivity index (χ4n) is 3.84. The molecular formula is C29H35NO7. The number of esters is 1. The molecule has 2 aromatic carbocycles. The first kappa shape index (κ1) is 27.8. The van der Waals surface area contributed by atoms with Gasteiger partial charge in [-0.05, 0) is 81.8 Å². The number of carbonyl (C=O) groups is 2. The van der Waals surface area contributed by atoms with Crippen LogP contribution >= 0.6 is 0 Å². The Morgan fingerprint density at radius 2 is 1.70 bits per heavy atom. The summed E-state index contributed by atoms with van der Waals surface area (Å²) in [5.74, 6) is 0.646. The third kappa shape index (κ3) is 7.35. The van der Waals surface area contributed by atoms with Gasteiger partial charge < -0.3 is 23.9 Å². The van der Waals surface area contributed by atoms with Crippen LogP contribution in [0.4, 0.5) is 4.79 Å². The van der Waals surface area contributed by atoms with Gasteiger partial charge in [0.05, 0.1) is 7.11 Å². The smallest absolute Gasteiger partial charge is 0.408 e. The van der Waals surface area contributed by atoms with Crippen molar-refractivity contribution in [1.29, 1.82) is 0 Å². The number of nitrogens with one attached hydrogen (secondary N) is 1. The van der Waals surface area contributed by atoms with Gasteiger partial charge in [0.15, 0.2) is 0 Å². The number of methoxy groups -OCH3 is 1. The van der Waals surface area contributed by atoms with Crippen molar-refractivity contribution >= 4 is 23.0 Å². The lowest BCUT2D eigenvalue weighted by molar-refractivity contribution is -0.137. The molecule has 0 aliphatic carbocycles. The highest BCUT2D eigenvalue weighted by Crippen LogP contribution is 2.34. The van der Waals surface area contributed by atoms with E-state index in [0.29, 0.717) is 46.6 Å². The second-order valence-corrected chi connectivity index (χ2v) is 10.4. The molecule has 0 spiro atoms. The Kier molecular flexibility index (Phi) is 8.63. The maximum Gasteiger partial charge on any atom is 0.408 e. The lowest BCUT2D eigenvalue weighted by atomic mass is 10.00. The van der Waals surface area contributed by atoms with Crippen molar-refractivity contribution in [2.45, 2.75) is 66.0 Å². The van der Waals surface area contributed by atoms with Crippen LogP contribution in [0.15, 0.2) is 51.7 Å². The Bertz CT molecular complexity index is 1320. The maximum absolute atomic E-state index is 13.1. The first-order valence-corrected chi connectivity index (χ1v) is 12.3. The summed E-state index contributed by atoms with van der Waals surface area (Å²) >= 11 is 0. The molecule has 198 valence electrons. The number of hydrogen-bond donors (Lipinski definition) is 1. The quantitative estimate of drug-likeness (QED) is 0.225. The number of hydrogen-bond acceptors (Lipinski definition) is 7. The monoisotopic (exact) mass is 509 g/mol. The van der Waals surface area contributed by atoms with Crippen LogP contribution in [0.2, 0.25) is 0 Å². The minimum Gasteiger partial charge on any atom is -0.497 e. The second-order valence-electron chi connectivity index (χ2n) is 10.4. The first-order chi connectivity index (χ1) is 17.4. The molecule has 0 aliphatic heterocycles. The lowest BCUT2D eigenvalue weighted by Crippen LogP contribution is -2.45. The average Bonchev–Trinajstić information content (AvgIpc) is 2.82. The zero-order chi connectivity index (χ0) is 27.3. The highest BCUT2D eigenvalue weighted by Gasteiger charge is 2.27. The second kappa shape index (κ2) is 11.5. The van der Waals surface area contributed by atoms with Crippen LogP contribution in [0.25, 0.3) is 22.1 Å². The summed E-state index contributed by atoms with van der Waals surface area (Å²) < 4.78 is 21.8. The number of benzene rings is 2. The maximum atomic E-state index is 13.1. The van der Waals surface area contributed by atoms with Gasteiger partial charge in [0.2, 0.25) is 0 Å². The molecule has 0 saturated carbocycles. The fraction of sp³-hybridized carbons (Fsp3) is 0.414. The molecule has 8 nitrogen and oxygen atoms in total. The van der Waals surface area contributed by atoms with Gasteiger partial charge in [-0.1, -0.05) is 26.0 Å². The minimum absolute atomic E-state index is 0.244. The summed E-state index contributed by atoms with van der Waals surface area (Å²) in [5.41, 5.74) is 1.10. The summed E-state index contributed by atoms with van der Waals surface area (Å²) in [7, 11) is 1.59. The number of alkyl carbamates (subject to hydrolysis) is 1. The van der Waals surface area contributed by atoms with Crippen molar-refractivity contribution in [2.24, 2.45) is 5.92 Å². The van der Waals surface area contributed by atoms with E-state index in [-0.39, 0.29) is 5.75 Å². The molecule has 0 unspecified atom stereocenters. The molecular weight excluding hydrogens is 474 g/mol. The summed E-state index contributed by atoms with van der Waals surface area (Å²) in [4.78, 5) is 37.9. The van der Waals surface area contributed by atoms with Gasteiger partial charge in [0, 0.05) is 17.0 Å². The van der Waals surface area contributed by atoms with E-state index in [2.05, 4.69) is 5.32 Å². The molecule has 0 radical (unpaired) electrons. The highest BCUT2D eigenvalue weighted by molar-refractivity contribution is 5.96. The van der Waals surface area contributed by atoms with Crippen LogP contribution in [0, 0.1) is 12.8 Å². The number of rotatable bonds is 8. The molecule has 3 rings (SSSR count). The molecule has 1 atom stereocenters. The molecule has 0 bridgehead atoms. The predicted molar refractivity (Wildman–Crippen MR) is 142 cm³/mol. The van der Waals surface area contributed by atoms with Crippen molar-refractivity contribution in [2.75, 3.05) is 7.11 Å². The molecule has 1 N–H and O–H groups in total. The van der Waals surface area contributed by atoms with E-state index in [1.54, 1.807) is 46.9 Å². The van der Waals surface area contributed by atoms with Crippen LogP contribution in [-0.4, -0.2) is 30.8 Å². The molecule has 37 heavy (non-hydrogen) atoms. The van der Waals surface area contributed by atoms with Gasteiger partial charge in [-0.25, -0.2) is 14.4 Å². The third-order valence-electron chi connectivity index (χ3n) is 5.73. The number of fused-ring (bicyclic) bond motifs is 1. The largest absolute Gasteiger partial charge is 0.497 e. The van der Waals surface area contributed by atoms with Crippen molar-refractivity contribution in [1.82, 2.24) is 5.32 Å². The Morgan fingerprint density at radius 1 is 1.03 bits per heavy atom. The standard InChI is InChI=1S/C29H35NO7/c1-17(2)8-14-23(30-28(33)37-29(4,5)6)27(32)35-24-15-13-21-22(16-25(31)36-26(21)18(24)3)19-9-11-20(34-7)12-10-19/h9-13,15-17,23H,8,14H2,1-7H3,(H,30,33)/t23-/m1/s1. The normalized spacial score (nSPS) is 12.3. The van der Waals surface area contributed by atoms with Crippen LogP contribution in [0.3, 0.4) is 0 Å². The van der Waals surface area contributed by atoms with Gasteiger partial charge in [0.1, 0.15) is 28.7 Å².